The number of ether oxygens (including phenoxy) is 1. The Morgan fingerprint density at radius 3 is 2.27 bits per heavy atom. The SMILES string of the molecule is CCOC(=O)/C=C(\C)CP(=O)(OC)OC. The van der Waals surface area contributed by atoms with Crippen LogP contribution in [-0.4, -0.2) is 33.0 Å². The van der Waals surface area contributed by atoms with Crippen LogP contribution in [0.25, 0.3) is 0 Å². The molecular weight excluding hydrogens is 219 g/mol. The zero-order chi connectivity index (χ0) is 11.9. The van der Waals surface area contributed by atoms with Gasteiger partial charge in [0.2, 0.25) is 0 Å². The van der Waals surface area contributed by atoms with Crippen LogP contribution < -0.4 is 0 Å². The molecule has 0 spiro atoms. The molecule has 0 rings (SSSR count). The second kappa shape index (κ2) is 6.77. The van der Waals surface area contributed by atoms with Gasteiger partial charge in [-0.3, -0.25) is 4.57 Å². The van der Waals surface area contributed by atoms with Crippen molar-refractivity contribution in [1.29, 1.82) is 0 Å². The molecule has 0 heterocycles. The van der Waals surface area contributed by atoms with Gasteiger partial charge < -0.3 is 13.8 Å². The Kier molecular flexibility index (Phi) is 6.48. The van der Waals surface area contributed by atoms with Crippen molar-refractivity contribution < 1.29 is 23.1 Å². The highest BCUT2D eigenvalue weighted by atomic mass is 31.2. The summed E-state index contributed by atoms with van der Waals surface area (Å²) in [6, 6.07) is 0. The molecule has 88 valence electrons. The Hall–Kier alpha value is -0.640. The highest BCUT2D eigenvalue weighted by Gasteiger charge is 2.21. The minimum Gasteiger partial charge on any atom is -0.463 e. The van der Waals surface area contributed by atoms with Gasteiger partial charge in [0.15, 0.2) is 0 Å². The molecule has 0 aliphatic heterocycles. The van der Waals surface area contributed by atoms with Gasteiger partial charge in [-0.1, -0.05) is 5.57 Å². The lowest BCUT2D eigenvalue weighted by atomic mass is 10.3. The summed E-state index contributed by atoms with van der Waals surface area (Å²) in [4.78, 5) is 11.0. The molecule has 6 heteroatoms. The Morgan fingerprint density at radius 2 is 1.87 bits per heavy atom. The monoisotopic (exact) mass is 236 g/mol. The highest BCUT2D eigenvalue weighted by Crippen LogP contribution is 2.47. The molecule has 0 N–H and O–H groups in total. The highest BCUT2D eigenvalue weighted by molar-refractivity contribution is 7.54. The quantitative estimate of drug-likeness (QED) is 0.401. The fourth-order valence-corrected chi connectivity index (χ4v) is 2.05. The molecule has 0 aliphatic carbocycles. The van der Waals surface area contributed by atoms with Crippen LogP contribution in [0.1, 0.15) is 13.8 Å². The van der Waals surface area contributed by atoms with Crippen molar-refractivity contribution in [2.45, 2.75) is 13.8 Å². The number of carbonyl (C=O) groups excluding carboxylic acids is 1. The third-order valence-electron chi connectivity index (χ3n) is 1.65. The van der Waals surface area contributed by atoms with E-state index in [1.54, 1.807) is 13.8 Å². The molecule has 0 aliphatic rings. The molecule has 0 aromatic heterocycles. The Bertz CT molecular complexity index is 276. The smallest absolute Gasteiger partial charge is 0.334 e. The summed E-state index contributed by atoms with van der Waals surface area (Å²) >= 11 is 0. The largest absolute Gasteiger partial charge is 0.463 e. The first-order valence-electron chi connectivity index (χ1n) is 4.52. The van der Waals surface area contributed by atoms with Gasteiger partial charge in [-0.25, -0.2) is 4.79 Å². The fraction of sp³-hybridized carbons (Fsp3) is 0.667. The normalized spacial score (nSPS) is 12.7. The fourth-order valence-electron chi connectivity index (χ4n) is 0.940. The van der Waals surface area contributed by atoms with E-state index in [4.69, 9.17) is 13.8 Å². The summed E-state index contributed by atoms with van der Waals surface area (Å²) < 4.78 is 25.8. The minimum absolute atomic E-state index is 0.0822. The molecule has 0 fully saturated rings. The average molecular weight is 236 g/mol. The van der Waals surface area contributed by atoms with Gasteiger partial charge in [-0.05, 0) is 13.8 Å². The summed E-state index contributed by atoms with van der Waals surface area (Å²) in [6.45, 7) is 3.70. The van der Waals surface area contributed by atoms with Gasteiger partial charge in [0.1, 0.15) is 0 Å². The lowest BCUT2D eigenvalue weighted by Gasteiger charge is -2.13. The summed E-state index contributed by atoms with van der Waals surface area (Å²) in [6.07, 6.45) is 1.37. The van der Waals surface area contributed by atoms with Gasteiger partial charge in [-0.2, -0.15) is 0 Å². The van der Waals surface area contributed by atoms with E-state index in [2.05, 4.69) is 0 Å². The Morgan fingerprint density at radius 1 is 1.33 bits per heavy atom. The minimum atomic E-state index is -3.09. The van der Waals surface area contributed by atoms with E-state index >= 15 is 0 Å². The summed E-state index contributed by atoms with van der Waals surface area (Å²) in [5, 5.41) is 0. The standard InChI is InChI=1S/C9H17O5P/c1-5-14-9(10)6-8(2)7-15(11,12-3)13-4/h6H,5,7H2,1-4H3/b8-6+. The lowest BCUT2D eigenvalue weighted by Crippen LogP contribution is -2.03. The number of rotatable bonds is 6. The van der Waals surface area contributed by atoms with Gasteiger partial charge >= 0.3 is 13.6 Å². The predicted molar refractivity (Wildman–Crippen MR) is 56.9 cm³/mol. The second-order valence-corrected chi connectivity index (χ2v) is 5.15. The first-order valence-corrected chi connectivity index (χ1v) is 6.24. The predicted octanol–water partition coefficient (Wildman–Crippen LogP) is 1.98. The van der Waals surface area contributed by atoms with Crippen molar-refractivity contribution in [2.75, 3.05) is 27.0 Å². The second-order valence-electron chi connectivity index (χ2n) is 2.88. The van der Waals surface area contributed by atoms with Crippen LogP contribution in [0.3, 0.4) is 0 Å². The molecule has 0 aromatic carbocycles. The third kappa shape index (κ3) is 5.72. The summed E-state index contributed by atoms with van der Waals surface area (Å²) in [5.41, 5.74) is 0.598. The molecule has 0 amide bonds. The number of hydrogen-bond donors (Lipinski definition) is 0. The van der Waals surface area contributed by atoms with Crippen molar-refractivity contribution in [3.8, 4) is 0 Å². The number of carbonyl (C=O) groups is 1. The summed E-state index contributed by atoms with van der Waals surface area (Å²) in [5.74, 6) is -0.450. The maximum atomic E-state index is 11.7. The van der Waals surface area contributed by atoms with Crippen LogP contribution in [0.15, 0.2) is 11.6 Å². The zero-order valence-corrected chi connectivity index (χ0v) is 10.4. The third-order valence-corrected chi connectivity index (χ3v) is 3.65. The van der Waals surface area contributed by atoms with Gasteiger partial charge in [-0.15, -0.1) is 0 Å². The van der Waals surface area contributed by atoms with Crippen molar-refractivity contribution in [2.24, 2.45) is 0 Å². The van der Waals surface area contributed by atoms with Gasteiger partial charge in [0.25, 0.3) is 0 Å². The number of hydrogen-bond acceptors (Lipinski definition) is 5. The van der Waals surface area contributed by atoms with Crippen LogP contribution >= 0.6 is 7.60 Å². The Labute approximate surface area is 89.9 Å². The van der Waals surface area contributed by atoms with Crippen molar-refractivity contribution >= 4 is 13.6 Å². The topological polar surface area (TPSA) is 61.8 Å². The van der Waals surface area contributed by atoms with Crippen LogP contribution in [0.2, 0.25) is 0 Å². The first-order chi connectivity index (χ1) is 6.97. The van der Waals surface area contributed by atoms with Crippen LogP contribution in [0.5, 0.6) is 0 Å². The van der Waals surface area contributed by atoms with Crippen molar-refractivity contribution in [3.05, 3.63) is 11.6 Å². The molecule has 0 atom stereocenters. The van der Waals surface area contributed by atoms with E-state index in [-0.39, 0.29) is 6.16 Å². The average Bonchev–Trinajstić information content (AvgIpc) is 2.17. The maximum Gasteiger partial charge on any atom is 0.334 e. The molecule has 0 bridgehead atoms. The number of allylic oxidation sites excluding steroid dienone is 1. The van der Waals surface area contributed by atoms with Crippen LogP contribution in [0, 0.1) is 0 Å². The molecule has 15 heavy (non-hydrogen) atoms. The molecule has 0 saturated carbocycles. The molecule has 0 aromatic rings. The van der Waals surface area contributed by atoms with E-state index < -0.39 is 13.6 Å². The van der Waals surface area contributed by atoms with E-state index in [1.807, 2.05) is 0 Å². The molecule has 5 nitrogen and oxygen atoms in total. The lowest BCUT2D eigenvalue weighted by molar-refractivity contribution is -0.137. The molecule has 0 radical (unpaired) electrons. The van der Waals surface area contributed by atoms with Gasteiger partial charge in [0.05, 0.1) is 12.8 Å². The molecule has 0 unspecified atom stereocenters. The first kappa shape index (κ1) is 14.4. The number of esters is 1. The van der Waals surface area contributed by atoms with E-state index in [0.29, 0.717) is 12.2 Å². The van der Waals surface area contributed by atoms with E-state index in [0.717, 1.165) is 0 Å². The molecular formula is C9H17O5P. The zero-order valence-electron chi connectivity index (χ0n) is 9.48. The van der Waals surface area contributed by atoms with Crippen LogP contribution in [0.4, 0.5) is 0 Å². The van der Waals surface area contributed by atoms with Crippen LogP contribution in [-0.2, 0) is 23.1 Å². The van der Waals surface area contributed by atoms with Crippen molar-refractivity contribution in [1.82, 2.24) is 0 Å². The van der Waals surface area contributed by atoms with E-state index in [9.17, 15) is 9.36 Å². The summed E-state index contributed by atoms with van der Waals surface area (Å²) in [7, 11) is -0.474. The molecule has 0 saturated heterocycles. The Balaban J connectivity index is 4.40. The maximum absolute atomic E-state index is 11.7. The van der Waals surface area contributed by atoms with Crippen molar-refractivity contribution in [3.63, 3.8) is 0 Å². The van der Waals surface area contributed by atoms with Gasteiger partial charge in [0, 0.05) is 20.3 Å². The van der Waals surface area contributed by atoms with E-state index in [1.165, 1.54) is 20.3 Å².